The van der Waals surface area contributed by atoms with E-state index in [0.717, 1.165) is 22.5 Å². The van der Waals surface area contributed by atoms with Gasteiger partial charge in [0.25, 0.3) is 0 Å². The summed E-state index contributed by atoms with van der Waals surface area (Å²) in [6.07, 6.45) is 1.84. The molecule has 0 aliphatic heterocycles. The van der Waals surface area contributed by atoms with Gasteiger partial charge in [-0.15, -0.1) is 0 Å². The molecule has 1 heterocycles. The predicted molar refractivity (Wildman–Crippen MR) is 64.8 cm³/mol. The van der Waals surface area contributed by atoms with Crippen LogP contribution in [0, 0.1) is 0 Å². The minimum atomic E-state index is 0.0181. The molecular formula is C13H16N2O. The molecule has 0 atom stereocenters. The second-order valence-corrected chi connectivity index (χ2v) is 4.86. The van der Waals surface area contributed by atoms with Gasteiger partial charge in [-0.2, -0.15) is 0 Å². The average Bonchev–Trinajstić information content (AvgIpc) is 2.26. The summed E-state index contributed by atoms with van der Waals surface area (Å²) in [5.74, 6) is 0.813. The number of fused-ring (bicyclic) bond motifs is 1. The molecule has 3 nitrogen and oxygen atoms in total. The molecule has 0 aliphatic rings. The van der Waals surface area contributed by atoms with Crippen LogP contribution >= 0.6 is 0 Å². The second-order valence-electron chi connectivity index (χ2n) is 4.86. The molecule has 0 spiro atoms. The first-order valence-corrected chi connectivity index (χ1v) is 5.32. The number of hydrogen-bond donors (Lipinski definition) is 0. The second kappa shape index (κ2) is 3.74. The molecule has 84 valence electrons. The van der Waals surface area contributed by atoms with Crippen molar-refractivity contribution in [1.82, 2.24) is 9.97 Å². The lowest BCUT2D eigenvalue weighted by Crippen LogP contribution is -2.13. The normalized spacial score (nSPS) is 11.8. The first-order valence-electron chi connectivity index (χ1n) is 5.32. The van der Waals surface area contributed by atoms with Crippen molar-refractivity contribution in [2.45, 2.75) is 26.2 Å². The number of benzene rings is 1. The van der Waals surface area contributed by atoms with Crippen LogP contribution in [0.4, 0.5) is 0 Å². The van der Waals surface area contributed by atoms with Gasteiger partial charge in [0.2, 0.25) is 0 Å². The molecule has 0 unspecified atom stereocenters. The van der Waals surface area contributed by atoms with Crippen molar-refractivity contribution in [3.63, 3.8) is 0 Å². The lowest BCUT2D eigenvalue weighted by atomic mass is 9.92. The summed E-state index contributed by atoms with van der Waals surface area (Å²) in [5.41, 5.74) is 2.79. The first-order chi connectivity index (χ1) is 7.50. The van der Waals surface area contributed by atoms with Crippen LogP contribution in [0.2, 0.25) is 0 Å². The van der Waals surface area contributed by atoms with Gasteiger partial charge in [0.15, 0.2) is 0 Å². The largest absolute Gasteiger partial charge is 0.497 e. The minimum absolute atomic E-state index is 0.0181. The van der Waals surface area contributed by atoms with Crippen molar-refractivity contribution >= 4 is 11.0 Å². The van der Waals surface area contributed by atoms with Gasteiger partial charge in [0.1, 0.15) is 5.75 Å². The third kappa shape index (κ3) is 1.98. The van der Waals surface area contributed by atoms with E-state index < -0.39 is 0 Å². The number of ether oxygens (including phenoxy) is 1. The molecule has 0 amide bonds. The first kappa shape index (κ1) is 10.9. The van der Waals surface area contributed by atoms with Gasteiger partial charge in [-0.25, -0.2) is 4.98 Å². The maximum atomic E-state index is 5.18. The lowest BCUT2D eigenvalue weighted by Gasteiger charge is -2.17. The van der Waals surface area contributed by atoms with Crippen LogP contribution in [0.5, 0.6) is 5.75 Å². The van der Waals surface area contributed by atoms with E-state index in [1.807, 2.05) is 24.4 Å². The van der Waals surface area contributed by atoms with Crippen molar-refractivity contribution in [3.05, 3.63) is 30.1 Å². The van der Waals surface area contributed by atoms with E-state index >= 15 is 0 Å². The maximum absolute atomic E-state index is 5.18. The summed E-state index contributed by atoms with van der Waals surface area (Å²) in [4.78, 5) is 9.02. The topological polar surface area (TPSA) is 35.0 Å². The van der Waals surface area contributed by atoms with Crippen molar-refractivity contribution in [3.8, 4) is 5.75 Å². The highest BCUT2D eigenvalue weighted by Crippen LogP contribution is 2.23. The number of aromatic nitrogens is 2. The zero-order valence-corrected chi connectivity index (χ0v) is 10.1. The molecule has 0 aliphatic carbocycles. The Hall–Kier alpha value is -1.64. The van der Waals surface area contributed by atoms with E-state index in [0.29, 0.717) is 0 Å². The summed E-state index contributed by atoms with van der Waals surface area (Å²) < 4.78 is 5.18. The third-order valence-electron chi connectivity index (χ3n) is 2.52. The Morgan fingerprint density at radius 1 is 1.12 bits per heavy atom. The van der Waals surface area contributed by atoms with Crippen LogP contribution in [0.25, 0.3) is 11.0 Å². The Balaban J connectivity index is 2.59. The standard InChI is InChI=1S/C13H16N2O/c1-13(2,3)12-8-14-10-6-5-9(16-4)7-11(10)15-12/h5-8H,1-4H3. The maximum Gasteiger partial charge on any atom is 0.121 e. The van der Waals surface area contributed by atoms with Gasteiger partial charge in [0, 0.05) is 17.7 Å². The van der Waals surface area contributed by atoms with Gasteiger partial charge in [0.05, 0.1) is 23.8 Å². The molecule has 16 heavy (non-hydrogen) atoms. The van der Waals surface area contributed by atoms with Crippen molar-refractivity contribution < 1.29 is 4.74 Å². The van der Waals surface area contributed by atoms with Crippen LogP contribution < -0.4 is 4.74 Å². The van der Waals surface area contributed by atoms with Crippen molar-refractivity contribution in [2.24, 2.45) is 0 Å². The van der Waals surface area contributed by atoms with Crippen LogP contribution in [-0.4, -0.2) is 17.1 Å². The number of rotatable bonds is 1. The molecular weight excluding hydrogens is 200 g/mol. The molecule has 2 rings (SSSR count). The highest BCUT2D eigenvalue weighted by molar-refractivity contribution is 5.75. The van der Waals surface area contributed by atoms with E-state index in [4.69, 9.17) is 4.74 Å². The Morgan fingerprint density at radius 2 is 1.88 bits per heavy atom. The third-order valence-corrected chi connectivity index (χ3v) is 2.52. The fourth-order valence-electron chi connectivity index (χ4n) is 1.48. The zero-order valence-electron chi connectivity index (χ0n) is 10.1. The van der Waals surface area contributed by atoms with E-state index in [-0.39, 0.29) is 5.41 Å². The van der Waals surface area contributed by atoms with E-state index in [2.05, 4.69) is 30.7 Å². The Morgan fingerprint density at radius 3 is 2.50 bits per heavy atom. The molecule has 3 heteroatoms. The number of hydrogen-bond acceptors (Lipinski definition) is 3. The minimum Gasteiger partial charge on any atom is -0.497 e. The molecule has 1 aromatic carbocycles. The number of nitrogens with zero attached hydrogens (tertiary/aromatic N) is 2. The van der Waals surface area contributed by atoms with E-state index in [9.17, 15) is 0 Å². The lowest BCUT2D eigenvalue weighted by molar-refractivity contribution is 0.415. The Labute approximate surface area is 95.5 Å². The van der Waals surface area contributed by atoms with Gasteiger partial charge in [-0.3, -0.25) is 4.98 Å². The van der Waals surface area contributed by atoms with Crippen molar-refractivity contribution in [2.75, 3.05) is 7.11 Å². The highest BCUT2D eigenvalue weighted by Gasteiger charge is 2.16. The smallest absolute Gasteiger partial charge is 0.121 e. The highest BCUT2D eigenvalue weighted by atomic mass is 16.5. The fraction of sp³-hybridized carbons (Fsp3) is 0.385. The van der Waals surface area contributed by atoms with Crippen molar-refractivity contribution in [1.29, 1.82) is 0 Å². The summed E-state index contributed by atoms with van der Waals surface area (Å²) in [5, 5.41) is 0. The molecule has 0 fully saturated rings. The van der Waals surface area contributed by atoms with Crippen LogP contribution in [0.3, 0.4) is 0 Å². The SMILES string of the molecule is COc1ccc2ncc(C(C)(C)C)nc2c1. The van der Waals surface area contributed by atoms with E-state index in [1.165, 1.54) is 0 Å². The Kier molecular flexibility index (Phi) is 2.54. The zero-order chi connectivity index (χ0) is 11.8. The summed E-state index contributed by atoms with van der Waals surface area (Å²) in [7, 11) is 1.65. The van der Waals surface area contributed by atoms with E-state index in [1.54, 1.807) is 7.11 Å². The molecule has 0 saturated heterocycles. The molecule has 0 saturated carbocycles. The van der Waals surface area contributed by atoms with Gasteiger partial charge in [-0.1, -0.05) is 20.8 Å². The molecule has 0 N–H and O–H groups in total. The molecule has 1 aromatic heterocycles. The molecule has 0 bridgehead atoms. The van der Waals surface area contributed by atoms with Crippen LogP contribution in [0.1, 0.15) is 26.5 Å². The average molecular weight is 216 g/mol. The Bertz CT molecular complexity index is 515. The molecule has 2 aromatic rings. The quantitative estimate of drug-likeness (QED) is 0.735. The summed E-state index contributed by atoms with van der Waals surface area (Å²) in [6, 6.07) is 5.74. The fourth-order valence-corrected chi connectivity index (χ4v) is 1.48. The van der Waals surface area contributed by atoms with Gasteiger partial charge < -0.3 is 4.74 Å². The number of methoxy groups -OCH3 is 1. The monoisotopic (exact) mass is 216 g/mol. The van der Waals surface area contributed by atoms with Gasteiger partial charge >= 0.3 is 0 Å². The molecule has 0 radical (unpaired) electrons. The van der Waals surface area contributed by atoms with Gasteiger partial charge in [-0.05, 0) is 12.1 Å². The summed E-state index contributed by atoms with van der Waals surface area (Å²) >= 11 is 0. The summed E-state index contributed by atoms with van der Waals surface area (Å²) in [6.45, 7) is 6.38. The van der Waals surface area contributed by atoms with Crippen LogP contribution in [-0.2, 0) is 5.41 Å². The predicted octanol–water partition coefficient (Wildman–Crippen LogP) is 2.94. The van der Waals surface area contributed by atoms with Crippen LogP contribution in [0.15, 0.2) is 24.4 Å².